The van der Waals surface area contributed by atoms with Gasteiger partial charge in [-0.05, 0) is 38.3 Å². The summed E-state index contributed by atoms with van der Waals surface area (Å²) >= 11 is 0. The van der Waals surface area contributed by atoms with Gasteiger partial charge in [0.05, 0.1) is 5.69 Å². The number of carbonyl (C=O) groups is 1. The van der Waals surface area contributed by atoms with Crippen LogP contribution in [-0.2, 0) is 4.79 Å². The number of rotatable bonds is 4. The maximum absolute atomic E-state index is 12.3. The predicted molar refractivity (Wildman–Crippen MR) is 84.1 cm³/mol. The van der Waals surface area contributed by atoms with Crippen molar-refractivity contribution < 1.29 is 9.53 Å². The van der Waals surface area contributed by atoms with E-state index < -0.39 is 6.10 Å². The van der Waals surface area contributed by atoms with Gasteiger partial charge < -0.3 is 9.64 Å². The number of ether oxygens (including phenoxy) is 1. The van der Waals surface area contributed by atoms with Crippen LogP contribution in [0.2, 0.25) is 0 Å². The minimum atomic E-state index is -0.503. The van der Waals surface area contributed by atoms with E-state index in [9.17, 15) is 4.79 Å². The zero-order chi connectivity index (χ0) is 15.4. The Hall–Kier alpha value is -2.30. The van der Waals surface area contributed by atoms with E-state index in [2.05, 4.69) is 5.10 Å². The Balaban J connectivity index is 1.63. The summed E-state index contributed by atoms with van der Waals surface area (Å²) in [6, 6.07) is 11.6. The fourth-order valence-corrected chi connectivity index (χ4v) is 2.70. The maximum Gasteiger partial charge on any atom is 0.263 e. The fourth-order valence-electron chi connectivity index (χ4n) is 2.70. The van der Waals surface area contributed by atoms with Gasteiger partial charge in [-0.25, -0.2) is 4.68 Å². The van der Waals surface area contributed by atoms with Gasteiger partial charge in [0.2, 0.25) is 5.88 Å². The molecule has 0 bridgehead atoms. The first kappa shape index (κ1) is 14.6. The van der Waals surface area contributed by atoms with Gasteiger partial charge in [0, 0.05) is 25.4 Å². The lowest BCUT2D eigenvalue weighted by atomic mass is 10.1. The zero-order valence-electron chi connectivity index (χ0n) is 12.8. The lowest BCUT2D eigenvalue weighted by Gasteiger charge is -2.28. The van der Waals surface area contributed by atoms with Crippen molar-refractivity contribution in [2.24, 2.45) is 0 Å². The van der Waals surface area contributed by atoms with E-state index in [4.69, 9.17) is 4.74 Å². The van der Waals surface area contributed by atoms with Crippen LogP contribution < -0.4 is 4.74 Å². The highest BCUT2D eigenvalue weighted by Crippen LogP contribution is 2.15. The molecule has 1 aromatic carbocycles. The third kappa shape index (κ3) is 3.30. The zero-order valence-corrected chi connectivity index (χ0v) is 12.8. The van der Waals surface area contributed by atoms with Gasteiger partial charge in [0.1, 0.15) is 0 Å². The molecule has 2 heterocycles. The summed E-state index contributed by atoms with van der Waals surface area (Å²) in [6.45, 7) is 3.47. The second-order valence-electron chi connectivity index (χ2n) is 5.58. The molecule has 1 amide bonds. The summed E-state index contributed by atoms with van der Waals surface area (Å²) in [5.74, 6) is 0.524. The van der Waals surface area contributed by atoms with Crippen molar-refractivity contribution in [1.29, 1.82) is 0 Å². The topological polar surface area (TPSA) is 47.4 Å². The van der Waals surface area contributed by atoms with Crippen LogP contribution in [0.3, 0.4) is 0 Å². The van der Waals surface area contributed by atoms with Crippen LogP contribution in [0.5, 0.6) is 5.88 Å². The Morgan fingerprint density at radius 2 is 1.86 bits per heavy atom. The standard InChI is InChI=1S/C17H21N3O2/c1-14(17(21)19-11-6-3-7-12-19)22-16-10-13-20(18-16)15-8-4-2-5-9-15/h2,4-5,8-10,13-14H,3,6-7,11-12H2,1H3. The maximum atomic E-state index is 12.3. The quantitative estimate of drug-likeness (QED) is 0.872. The van der Waals surface area contributed by atoms with Gasteiger partial charge in [-0.15, -0.1) is 5.10 Å². The smallest absolute Gasteiger partial charge is 0.263 e. The SMILES string of the molecule is CC(Oc1ccn(-c2ccccc2)n1)C(=O)N1CCCCC1. The minimum Gasteiger partial charge on any atom is -0.463 e. The number of nitrogens with zero attached hydrogens (tertiary/aromatic N) is 3. The van der Waals surface area contributed by atoms with Crippen molar-refractivity contribution in [3.63, 3.8) is 0 Å². The Bertz CT molecular complexity index is 618. The first-order valence-corrected chi connectivity index (χ1v) is 7.80. The summed E-state index contributed by atoms with van der Waals surface area (Å²) < 4.78 is 7.45. The molecule has 3 rings (SSSR count). The normalized spacial score (nSPS) is 16.3. The molecule has 1 saturated heterocycles. The third-order valence-electron chi connectivity index (χ3n) is 3.90. The average molecular weight is 299 g/mol. The Labute approximate surface area is 130 Å². The summed E-state index contributed by atoms with van der Waals surface area (Å²) in [5, 5.41) is 4.37. The molecule has 0 spiro atoms. The monoisotopic (exact) mass is 299 g/mol. The van der Waals surface area contributed by atoms with Crippen molar-refractivity contribution in [3.8, 4) is 11.6 Å². The highest BCUT2D eigenvalue weighted by molar-refractivity contribution is 5.80. The van der Waals surface area contributed by atoms with Crippen LogP contribution in [0.15, 0.2) is 42.6 Å². The van der Waals surface area contributed by atoms with Gasteiger partial charge in [0.25, 0.3) is 5.91 Å². The van der Waals surface area contributed by atoms with E-state index in [0.717, 1.165) is 31.6 Å². The van der Waals surface area contributed by atoms with Crippen molar-refractivity contribution in [2.45, 2.75) is 32.3 Å². The van der Waals surface area contributed by atoms with E-state index in [1.165, 1.54) is 6.42 Å². The lowest BCUT2D eigenvalue weighted by molar-refractivity contribution is -0.139. The summed E-state index contributed by atoms with van der Waals surface area (Å²) in [7, 11) is 0. The van der Waals surface area contributed by atoms with Gasteiger partial charge in [0.15, 0.2) is 6.10 Å². The molecule has 116 valence electrons. The van der Waals surface area contributed by atoms with E-state index in [0.29, 0.717) is 5.88 Å². The third-order valence-corrected chi connectivity index (χ3v) is 3.90. The number of benzene rings is 1. The number of likely N-dealkylation sites (tertiary alicyclic amines) is 1. The molecule has 2 aromatic rings. The molecular weight excluding hydrogens is 278 g/mol. The second kappa shape index (κ2) is 6.64. The largest absolute Gasteiger partial charge is 0.463 e. The first-order chi connectivity index (χ1) is 10.7. The minimum absolute atomic E-state index is 0.0500. The van der Waals surface area contributed by atoms with Gasteiger partial charge in [-0.3, -0.25) is 4.79 Å². The molecule has 22 heavy (non-hydrogen) atoms. The van der Waals surface area contributed by atoms with E-state index in [1.54, 1.807) is 17.7 Å². The molecule has 5 heteroatoms. The molecule has 1 aromatic heterocycles. The van der Waals surface area contributed by atoms with E-state index in [-0.39, 0.29) is 5.91 Å². The van der Waals surface area contributed by atoms with Crippen LogP contribution in [0, 0.1) is 0 Å². The molecule has 1 unspecified atom stereocenters. The average Bonchev–Trinajstić information content (AvgIpc) is 3.04. The molecule has 0 saturated carbocycles. The number of piperidine rings is 1. The Morgan fingerprint density at radius 3 is 2.59 bits per heavy atom. The second-order valence-corrected chi connectivity index (χ2v) is 5.58. The number of hydrogen-bond acceptors (Lipinski definition) is 3. The van der Waals surface area contributed by atoms with Crippen LogP contribution in [0.1, 0.15) is 26.2 Å². The molecule has 0 N–H and O–H groups in total. The van der Waals surface area contributed by atoms with Crippen molar-refractivity contribution in [1.82, 2.24) is 14.7 Å². The Kier molecular flexibility index (Phi) is 4.42. The van der Waals surface area contributed by atoms with Crippen molar-refractivity contribution in [2.75, 3.05) is 13.1 Å². The molecule has 0 aliphatic carbocycles. The van der Waals surface area contributed by atoms with Crippen LogP contribution >= 0.6 is 0 Å². The molecule has 1 aliphatic heterocycles. The van der Waals surface area contributed by atoms with E-state index >= 15 is 0 Å². The molecule has 1 atom stereocenters. The molecular formula is C17H21N3O2. The molecule has 5 nitrogen and oxygen atoms in total. The number of carbonyl (C=O) groups excluding carboxylic acids is 1. The predicted octanol–water partition coefficient (Wildman–Crippen LogP) is 2.65. The van der Waals surface area contributed by atoms with Crippen molar-refractivity contribution in [3.05, 3.63) is 42.6 Å². The highest BCUT2D eigenvalue weighted by atomic mass is 16.5. The molecule has 1 fully saturated rings. The number of para-hydroxylation sites is 1. The fraction of sp³-hybridized carbons (Fsp3) is 0.412. The lowest BCUT2D eigenvalue weighted by Crippen LogP contribution is -2.43. The van der Waals surface area contributed by atoms with Crippen LogP contribution in [0.4, 0.5) is 0 Å². The number of aromatic nitrogens is 2. The summed E-state index contributed by atoms with van der Waals surface area (Å²) in [5.41, 5.74) is 0.965. The highest BCUT2D eigenvalue weighted by Gasteiger charge is 2.24. The molecule has 1 aliphatic rings. The van der Waals surface area contributed by atoms with Gasteiger partial charge >= 0.3 is 0 Å². The molecule has 0 radical (unpaired) electrons. The summed E-state index contributed by atoms with van der Waals surface area (Å²) in [6.07, 6.45) is 4.71. The van der Waals surface area contributed by atoms with Crippen LogP contribution in [-0.4, -0.2) is 39.8 Å². The van der Waals surface area contributed by atoms with Gasteiger partial charge in [-0.2, -0.15) is 0 Å². The first-order valence-electron chi connectivity index (χ1n) is 7.80. The number of hydrogen-bond donors (Lipinski definition) is 0. The Morgan fingerprint density at radius 1 is 1.14 bits per heavy atom. The van der Waals surface area contributed by atoms with Crippen molar-refractivity contribution >= 4 is 5.91 Å². The van der Waals surface area contributed by atoms with E-state index in [1.807, 2.05) is 41.4 Å². The van der Waals surface area contributed by atoms with Crippen LogP contribution in [0.25, 0.3) is 5.69 Å². The number of amides is 1. The van der Waals surface area contributed by atoms with Gasteiger partial charge in [-0.1, -0.05) is 18.2 Å². The summed E-state index contributed by atoms with van der Waals surface area (Å²) in [4.78, 5) is 14.2.